The first-order chi connectivity index (χ1) is 18.2. The maximum absolute atomic E-state index is 12.9. The number of hydrogen-bond acceptors (Lipinski definition) is 7. The van der Waals surface area contributed by atoms with E-state index in [0.29, 0.717) is 29.4 Å². The standard InChI is InChI=1S/C29H30N2O7/c1-29(2,3)20-8-10-21(11-9-20)37-14-15-38-24-12-7-19(17-25(24)35-4)16-23-26(32)30-28(34)31(27(23)33)18-22-6-5-13-36-22/h5-13,16-17H,14-15,18H2,1-4H3,(H,30,32,34). The molecule has 0 aliphatic carbocycles. The Labute approximate surface area is 221 Å². The van der Waals surface area contributed by atoms with E-state index in [0.717, 1.165) is 10.6 Å². The van der Waals surface area contributed by atoms with E-state index < -0.39 is 17.8 Å². The Morgan fingerprint density at radius 2 is 1.68 bits per heavy atom. The largest absolute Gasteiger partial charge is 0.493 e. The molecule has 1 aromatic heterocycles. The van der Waals surface area contributed by atoms with Gasteiger partial charge in [0.2, 0.25) is 0 Å². The summed E-state index contributed by atoms with van der Waals surface area (Å²) in [5, 5.41) is 2.19. The van der Waals surface area contributed by atoms with E-state index in [-0.39, 0.29) is 24.1 Å². The van der Waals surface area contributed by atoms with Crippen molar-refractivity contribution in [3.63, 3.8) is 0 Å². The van der Waals surface area contributed by atoms with Crippen LogP contribution in [-0.2, 0) is 21.5 Å². The number of imide groups is 2. The Hall–Kier alpha value is -4.53. The molecule has 0 radical (unpaired) electrons. The summed E-state index contributed by atoms with van der Waals surface area (Å²) in [5.41, 5.74) is 1.64. The third-order valence-corrected chi connectivity index (χ3v) is 5.91. The van der Waals surface area contributed by atoms with E-state index in [1.807, 2.05) is 12.1 Å². The molecule has 4 amide bonds. The van der Waals surface area contributed by atoms with Gasteiger partial charge in [0.05, 0.1) is 19.9 Å². The number of carbonyl (C=O) groups is 3. The SMILES string of the molecule is COc1cc(C=C2C(=O)NC(=O)N(Cc3ccco3)C2=O)ccc1OCCOc1ccc(C(C)(C)C)cc1. The summed E-state index contributed by atoms with van der Waals surface area (Å²) in [6.07, 6.45) is 2.84. The maximum atomic E-state index is 12.9. The van der Waals surface area contributed by atoms with Crippen LogP contribution in [0.4, 0.5) is 4.79 Å². The van der Waals surface area contributed by atoms with Crippen LogP contribution in [0.25, 0.3) is 6.08 Å². The molecule has 1 fully saturated rings. The second kappa shape index (κ2) is 11.2. The van der Waals surface area contributed by atoms with Gasteiger partial charge in [0.1, 0.15) is 30.3 Å². The van der Waals surface area contributed by atoms with Gasteiger partial charge in [0.15, 0.2) is 11.5 Å². The lowest BCUT2D eigenvalue weighted by atomic mass is 9.87. The van der Waals surface area contributed by atoms with Crippen molar-refractivity contribution < 1.29 is 33.0 Å². The van der Waals surface area contributed by atoms with Crippen molar-refractivity contribution >= 4 is 23.9 Å². The maximum Gasteiger partial charge on any atom is 0.331 e. The molecular weight excluding hydrogens is 488 g/mol. The Morgan fingerprint density at radius 1 is 0.947 bits per heavy atom. The molecule has 9 heteroatoms. The number of nitrogens with one attached hydrogen (secondary N) is 1. The normalized spacial score (nSPS) is 15.0. The van der Waals surface area contributed by atoms with Crippen molar-refractivity contribution in [2.45, 2.75) is 32.7 Å². The number of furan rings is 1. The number of carbonyl (C=O) groups excluding carboxylic acids is 3. The average molecular weight is 519 g/mol. The van der Waals surface area contributed by atoms with Gasteiger partial charge in [-0.25, -0.2) is 4.79 Å². The number of ether oxygens (including phenoxy) is 3. The number of nitrogens with zero attached hydrogens (tertiary/aromatic N) is 1. The van der Waals surface area contributed by atoms with E-state index in [2.05, 4.69) is 38.2 Å². The van der Waals surface area contributed by atoms with Gasteiger partial charge in [-0.3, -0.25) is 19.8 Å². The van der Waals surface area contributed by atoms with Gasteiger partial charge < -0.3 is 18.6 Å². The van der Waals surface area contributed by atoms with E-state index >= 15 is 0 Å². The van der Waals surface area contributed by atoms with Gasteiger partial charge in [-0.15, -0.1) is 0 Å². The molecule has 9 nitrogen and oxygen atoms in total. The second-order valence-electron chi connectivity index (χ2n) is 9.67. The number of rotatable bonds is 9. The number of amides is 4. The molecule has 1 N–H and O–H groups in total. The number of hydrogen-bond donors (Lipinski definition) is 1. The van der Waals surface area contributed by atoms with Crippen molar-refractivity contribution in [3.05, 3.63) is 83.3 Å². The van der Waals surface area contributed by atoms with E-state index in [4.69, 9.17) is 18.6 Å². The summed E-state index contributed by atoms with van der Waals surface area (Å²) >= 11 is 0. The lowest BCUT2D eigenvalue weighted by Gasteiger charge is -2.25. The zero-order valence-corrected chi connectivity index (χ0v) is 21.8. The fourth-order valence-corrected chi connectivity index (χ4v) is 3.82. The molecule has 4 rings (SSSR count). The summed E-state index contributed by atoms with van der Waals surface area (Å²) < 4.78 is 22.3. The van der Waals surface area contributed by atoms with E-state index in [9.17, 15) is 14.4 Å². The third-order valence-electron chi connectivity index (χ3n) is 5.91. The molecule has 0 atom stereocenters. The Kier molecular flexibility index (Phi) is 7.85. The molecule has 0 saturated carbocycles. The minimum Gasteiger partial charge on any atom is -0.493 e. The molecule has 198 valence electrons. The smallest absolute Gasteiger partial charge is 0.331 e. The summed E-state index contributed by atoms with van der Waals surface area (Å²) in [6.45, 7) is 6.99. The molecular formula is C29H30N2O7. The predicted molar refractivity (Wildman–Crippen MR) is 140 cm³/mol. The quantitative estimate of drug-likeness (QED) is 0.248. The van der Waals surface area contributed by atoms with Crippen LogP contribution < -0.4 is 19.5 Å². The van der Waals surface area contributed by atoms with Gasteiger partial charge in [-0.1, -0.05) is 39.0 Å². The highest BCUT2D eigenvalue weighted by Gasteiger charge is 2.36. The third kappa shape index (κ3) is 6.23. The molecule has 1 saturated heterocycles. The fourth-order valence-electron chi connectivity index (χ4n) is 3.82. The van der Waals surface area contributed by atoms with Crippen LogP contribution in [0, 0.1) is 0 Å². The summed E-state index contributed by atoms with van der Waals surface area (Å²) in [7, 11) is 1.49. The molecule has 1 aliphatic rings. The Bertz CT molecular complexity index is 1340. The first-order valence-corrected chi connectivity index (χ1v) is 12.1. The Morgan fingerprint density at radius 3 is 2.34 bits per heavy atom. The molecule has 38 heavy (non-hydrogen) atoms. The van der Waals surface area contributed by atoms with E-state index in [1.165, 1.54) is 25.0 Å². The lowest BCUT2D eigenvalue weighted by Crippen LogP contribution is -2.53. The topological polar surface area (TPSA) is 107 Å². The van der Waals surface area contributed by atoms with Crippen LogP contribution in [0.15, 0.2) is 70.9 Å². The zero-order valence-electron chi connectivity index (χ0n) is 21.8. The zero-order chi connectivity index (χ0) is 27.3. The van der Waals surface area contributed by atoms with Crippen LogP contribution in [-0.4, -0.2) is 43.1 Å². The van der Waals surface area contributed by atoms with Crippen LogP contribution in [0.3, 0.4) is 0 Å². The number of benzene rings is 2. The first-order valence-electron chi connectivity index (χ1n) is 12.1. The van der Waals surface area contributed by atoms with Gasteiger partial charge in [-0.05, 0) is 59.0 Å². The lowest BCUT2D eigenvalue weighted by molar-refractivity contribution is -0.130. The van der Waals surface area contributed by atoms with Crippen LogP contribution in [0.2, 0.25) is 0 Å². The summed E-state index contributed by atoms with van der Waals surface area (Å²) in [6, 6.07) is 15.5. The number of barbiturate groups is 1. The van der Waals surface area contributed by atoms with Crippen molar-refractivity contribution in [2.24, 2.45) is 0 Å². The molecule has 1 aliphatic heterocycles. The minimum absolute atomic E-state index is 0.0745. The van der Waals surface area contributed by atoms with Crippen molar-refractivity contribution in [3.8, 4) is 17.2 Å². The van der Waals surface area contributed by atoms with Crippen LogP contribution in [0.1, 0.15) is 37.7 Å². The van der Waals surface area contributed by atoms with Crippen LogP contribution in [0.5, 0.6) is 17.2 Å². The highest BCUT2D eigenvalue weighted by molar-refractivity contribution is 6.30. The van der Waals surface area contributed by atoms with Crippen molar-refractivity contribution in [1.82, 2.24) is 10.2 Å². The molecule has 0 unspecified atom stereocenters. The minimum atomic E-state index is -0.803. The van der Waals surface area contributed by atoms with Crippen LogP contribution >= 0.6 is 0 Å². The van der Waals surface area contributed by atoms with Crippen molar-refractivity contribution in [2.75, 3.05) is 20.3 Å². The van der Waals surface area contributed by atoms with Gasteiger partial charge >= 0.3 is 6.03 Å². The highest BCUT2D eigenvalue weighted by Crippen LogP contribution is 2.30. The Balaban J connectivity index is 1.39. The first kappa shape index (κ1) is 26.5. The number of urea groups is 1. The molecule has 0 bridgehead atoms. The fraction of sp³-hybridized carbons (Fsp3) is 0.276. The van der Waals surface area contributed by atoms with Gasteiger partial charge in [-0.2, -0.15) is 0 Å². The van der Waals surface area contributed by atoms with Gasteiger partial charge in [0, 0.05) is 0 Å². The molecule has 0 spiro atoms. The molecule has 2 aromatic carbocycles. The monoisotopic (exact) mass is 518 g/mol. The van der Waals surface area contributed by atoms with E-state index in [1.54, 1.807) is 30.3 Å². The summed E-state index contributed by atoms with van der Waals surface area (Å²) in [5.74, 6) is 0.572. The second-order valence-corrected chi connectivity index (χ2v) is 9.67. The number of methoxy groups -OCH3 is 1. The highest BCUT2D eigenvalue weighted by atomic mass is 16.5. The van der Waals surface area contributed by atoms with Gasteiger partial charge in [0.25, 0.3) is 11.8 Å². The average Bonchev–Trinajstić information content (AvgIpc) is 3.40. The summed E-state index contributed by atoms with van der Waals surface area (Å²) in [4.78, 5) is 38.5. The predicted octanol–water partition coefficient (Wildman–Crippen LogP) is 4.71. The molecule has 2 heterocycles. The van der Waals surface area contributed by atoms with Crippen molar-refractivity contribution in [1.29, 1.82) is 0 Å². The molecule has 3 aromatic rings.